The highest BCUT2D eigenvalue weighted by Gasteiger charge is 2.49. The van der Waals surface area contributed by atoms with Crippen LogP contribution >= 0.6 is 0 Å². The first kappa shape index (κ1) is 13.7. The van der Waals surface area contributed by atoms with Crippen LogP contribution in [0.2, 0.25) is 0 Å². The zero-order chi connectivity index (χ0) is 15.1. The Morgan fingerprint density at radius 1 is 1.10 bits per heavy atom. The number of amides is 1. The first-order valence-corrected chi connectivity index (χ1v) is 7.04. The molecule has 0 spiro atoms. The summed E-state index contributed by atoms with van der Waals surface area (Å²) in [5, 5.41) is 28.4. The number of aliphatic carboxylic acids is 1. The molecule has 112 valence electrons. The second kappa shape index (κ2) is 4.95. The lowest BCUT2D eigenvalue weighted by atomic mass is 9.94. The molecule has 21 heavy (non-hydrogen) atoms. The Kier molecular flexibility index (Phi) is 3.23. The largest absolute Gasteiger partial charge is 0.508 e. The lowest BCUT2D eigenvalue weighted by Crippen LogP contribution is -2.43. The van der Waals surface area contributed by atoms with Crippen molar-refractivity contribution in [3.05, 3.63) is 23.8 Å². The number of carbonyl (C=O) groups is 2. The van der Waals surface area contributed by atoms with Gasteiger partial charge in [0.25, 0.3) is 5.91 Å². The number of benzene rings is 1. The van der Waals surface area contributed by atoms with E-state index >= 15 is 0 Å². The van der Waals surface area contributed by atoms with Crippen LogP contribution in [0.15, 0.2) is 18.2 Å². The van der Waals surface area contributed by atoms with Crippen LogP contribution in [0, 0.1) is 11.8 Å². The average molecular weight is 291 g/mol. The van der Waals surface area contributed by atoms with Crippen molar-refractivity contribution in [1.82, 2.24) is 4.90 Å². The van der Waals surface area contributed by atoms with E-state index < -0.39 is 17.9 Å². The summed E-state index contributed by atoms with van der Waals surface area (Å²) >= 11 is 0. The third kappa shape index (κ3) is 2.30. The molecule has 3 N–H and O–H groups in total. The van der Waals surface area contributed by atoms with Gasteiger partial charge in [0, 0.05) is 18.2 Å². The zero-order valence-electron chi connectivity index (χ0n) is 11.4. The van der Waals surface area contributed by atoms with E-state index in [1.807, 2.05) is 0 Å². The molecule has 1 aromatic carbocycles. The number of carboxylic acid groups (broad SMARTS) is 1. The smallest absolute Gasteiger partial charge is 0.326 e. The SMILES string of the molecule is O=C(O)C1C2CCCC2CN1C(=O)c1cc(O)cc(O)c1. The summed E-state index contributed by atoms with van der Waals surface area (Å²) in [6.45, 7) is 0.427. The molecule has 1 heterocycles. The predicted molar refractivity (Wildman–Crippen MR) is 73.1 cm³/mol. The molecule has 2 fully saturated rings. The summed E-state index contributed by atoms with van der Waals surface area (Å²) in [7, 11) is 0. The van der Waals surface area contributed by atoms with Gasteiger partial charge in [0.05, 0.1) is 0 Å². The van der Waals surface area contributed by atoms with Gasteiger partial charge in [0.1, 0.15) is 17.5 Å². The number of fused-ring (bicyclic) bond motifs is 1. The fourth-order valence-corrected chi connectivity index (χ4v) is 3.72. The molecular weight excluding hydrogens is 274 g/mol. The Morgan fingerprint density at radius 3 is 2.38 bits per heavy atom. The molecule has 6 heteroatoms. The number of carbonyl (C=O) groups excluding carboxylic acids is 1. The van der Waals surface area contributed by atoms with Gasteiger partial charge >= 0.3 is 5.97 Å². The van der Waals surface area contributed by atoms with Crippen molar-refractivity contribution in [2.45, 2.75) is 25.3 Å². The normalized spacial score (nSPS) is 27.6. The molecule has 0 aromatic heterocycles. The van der Waals surface area contributed by atoms with Crippen LogP contribution in [0.5, 0.6) is 11.5 Å². The quantitative estimate of drug-likeness (QED) is 0.765. The van der Waals surface area contributed by atoms with Gasteiger partial charge in [-0.2, -0.15) is 0 Å². The van der Waals surface area contributed by atoms with Crippen molar-refractivity contribution < 1.29 is 24.9 Å². The van der Waals surface area contributed by atoms with Gasteiger partial charge in [-0.15, -0.1) is 0 Å². The lowest BCUT2D eigenvalue weighted by molar-refractivity contribution is -0.142. The first-order chi connectivity index (χ1) is 9.97. The minimum Gasteiger partial charge on any atom is -0.508 e. The Bertz CT molecular complexity index is 579. The summed E-state index contributed by atoms with van der Waals surface area (Å²) in [6.07, 6.45) is 2.79. The number of hydrogen-bond acceptors (Lipinski definition) is 4. The number of hydrogen-bond donors (Lipinski definition) is 3. The van der Waals surface area contributed by atoms with Crippen molar-refractivity contribution in [2.75, 3.05) is 6.54 Å². The molecule has 0 bridgehead atoms. The molecule has 3 unspecified atom stereocenters. The van der Waals surface area contributed by atoms with Crippen molar-refractivity contribution >= 4 is 11.9 Å². The van der Waals surface area contributed by atoms with E-state index in [1.54, 1.807) is 0 Å². The first-order valence-electron chi connectivity index (χ1n) is 7.04. The number of nitrogens with zero attached hydrogens (tertiary/aromatic N) is 1. The molecule has 1 aromatic rings. The van der Waals surface area contributed by atoms with Gasteiger partial charge in [0.15, 0.2) is 0 Å². The number of likely N-dealkylation sites (tertiary alicyclic amines) is 1. The third-order valence-electron chi connectivity index (χ3n) is 4.55. The number of rotatable bonds is 2. The number of aromatic hydroxyl groups is 2. The number of phenols is 2. The van der Waals surface area contributed by atoms with Crippen LogP contribution in [0.1, 0.15) is 29.6 Å². The maximum Gasteiger partial charge on any atom is 0.326 e. The molecule has 2 aliphatic rings. The molecule has 3 atom stereocenters. The van der Waals surface area contributed by atoms with Gasteiger partial charge in [-0.1, -0.05) is 6.42 Å². The second-order valence-corrected chi connectivity index (χ2v) is 5.83. The van der Waals surface area contributed by atoms with Crippen molar-refractivity contribution in [2.24, 2.45) is 11.8 Å². The van der Waals surface area contributed by atoms with Gasteiger partial charge < -0.3 is 20.2 Å². The fourth-order valence-electron chi connectivity index (χ4n) is 3.72. The molecule has 1 amide bonds. The van der Waals surface area contributed by atoms with E-state index in [1.165, 1.54) is 17.0 Å². The fraction of sp³-hybridized carbons (Fsp3) is 0.467. The maximum atomic E-state index is 12.5. The molecule has 3 rings (SSSR count). The zero-order valence-corrected chi connectivity index (χ0v) is 11.4. The molecule has 6 nitrogen and oxygen atoms in total. The summed E-state index contributed by atoms with van der Waals surface area (Å²) in [4.78, 5) is 25.4. The summed E-state index contributed by atoms with van der Waals surface area (Å²) in [6, 6.07) is 2.81. The Morgan fingerprint density at radius 2 is 1.76 bits per heavy atom. The molecule has 1 saturated carbocycles. The van der Waals surface area contributed by atoms with Crippen LogP contribution < -0.4 is 0 Å². The molecule has 1 saturated heterocycles. The highest BCUT2D eigenvalue weighted by atomic mass is 16.4. The highest BCUT2D eigenvalue weighted by Crippen LogP contribution is 2.42. The summed E-state index contributed by atoms with van der Waals surface area (Å²) in [5.74, 6) is -1.63. The maximum absolute atomic E-state index is 12.5. The molecule has 1 aliphatic carbocycles. The van der Waals surface area contributed by atoms with Gasteiger partial charge in [-0.25, -0.2) is 4.79 Å². The molecular formula is C15H17NO5. The van der Waals surface area contributed by atoms with E-state index in [4.69, 9.17) is 0 Å². The van der Waals surface area contributed by atoms with Crippen molar-refractivity contribution in [3.8, 4) is 11.5 Å². The van der Waals surface area contributed by atoms with E-state index in [2.05, 4.69) is 0 Å². The van der Waals surface area contributed by atoms with E-state index in [9.17, 15) is 24.9 Å². The lowest BCUT2D eigenvalue weighted by Gasteiger charge is -2.24. The standard InChI is InChI=1S/C15H17NO5/c17-10-4-9(5-11(18)6-10)14(19)16-7-8-2-1-3-12(8)13(16)15(20)21/h4-6,8,12-13,17-18H,1-3,7H2,(H,20,21). The van der Waals surface area contributed by atoms with Crippen LogP contribution in [0.4, 0.5) is 0 Å². The summed E-state index contributed by atoms with van der Waals surface area (Å²) in [5.41, 5.74) is 0.110. The van der Waals surface area contributed by atoms with Crippen molar-refractivity contribution in [3.63, 3.8) is 0 Å². The topological polar surface area (TPSA) is 98.1 Å². The highest BCUT2D eigenvalue weighted by molar-refractivity contribution is 5.97. The van der Waals surface area contributed by atoms with Crippen LogP contribution in [0.25, 0.3) is 0 Å². The minimum absolute atomic E-state index is 0.0114. The van der Waals surface area contributed by atoms with Crippen molar-refractivity contribution in [1.29, 1.82) is 0 Å². The number of carboxylic acids is 1. The average Bonchev–Trinajstić information content (AvgIpc) is 2.95. The minimum atomic E-state index is -0.984. The Labute approximate surface area is 121 Å². The van der Waals surface area contributed by atoms with Crippen LogP contribution in [0.3, 0.4) is 0 Å². The van der Waals surface area contributed by atoms with E-state index in [-0.39, 0.29) is 28.9 Å². The van der Waals surface area contributed by atoms with Gasteiger partial charge in [0.2, 0.25) is 0 Å². The molecule has 0 radical (unpaired) electrons. The Balaban J connectivity index is 1.91. The van der Waals surface area contributed by atoms with E-state index in [0.717, 1.165) is 25.3 Å². The van der Waals surface area contributed by atoms with Crippen LogP contribution in [-0.4, -0.2) is 44.7 Å². The van der Waals surface area contributed by atoms with Gasteiger partial charge in [-0.05, 0) is 36.8 Å². The second-order valence-electron chi connectivity index (χ2n) is 5.83. The number of phenolic OH excluding ortho intramolecular Hbond substituents is 2. The third-order valence-corrected chi connectivity index (χ3v) is 4.55. The van der Waals surface area contributed by atoms with Crippen LogP contribution in [-0.2, 0) is 4.79 Å². The monoisotopic (exact) mass is 291 g/mol. The van der Waals surface area contributed by atoms with E-state index in [0.29, 0.717) is 6.54 Å². The predicted octanol–water partition coefficient (Wildman–Crippen LogP) is 1.42. The molecule has 1 aliphatic heterocycles. The van der Waals surface area contributed by atoms with Gasteiger partial charge in [-0.3, -0.25) is 4.79 Å². The Hall–Kier alpha value is -2.24. The summed E-state index contributed by atoms with van der Waals surface area (Å²) < 4.78 is 0.